The van der Waals surface area contributed by atoms with Crippen molar-refractivity contribution in [3.63, 3.8) is 0 Å². The van der Waals surface area contributed by atoms with Gasteiger partial charge in [0, 0.05) is 12.1 Å². The predicted octanol–water partition coefficient (Wildman–Crippen LogP) is 3.83. The molecule has 1 fully saturated rings. The van der Waals surface area contributed by atoms with Gasteiger partial charge in [-0.3, -0.25) is 9.59 Å². The van der Waals surface area contributed by atoms with E-state index in [1.54, 1.807) is 31.2 Å². The van der Waals surface area contributed by atoms with E-state index in [0.29, 0.717) is 22.8 Å². The van der Waals surface area contributed by atoms with E-state index >= 15 is 0 Å². The molecule has 122 valence electrons. The Morgan fingerprint density at radius 2 is 2.04 bits per heavy atom. The number of benzene rings is 1. The second-order valence-electron chi connectivity index (χ2n) is 6.20. The van der Waals surface area contributed by atoms with Crippen LogP contribution in [0.4, 0.5) is 0 Å². The van der Waals surface area contributed by atoms with Crippen LogP contribution in [0.15, 0.2) is 34.4 Å². The van der Waals surface area contributed by atoms with Gasteiger partial charge in [0.1, 0.15) is 23.0 Å². The van der Waals surface area contributed by atoms with Gasteiger partial charge < -0.3 is 13.9 Å². The zero-order chi connectivity index (χ0) is 16.8. The summed E-state index contributed by atoms with van der Waals surface area (Å²) in [5, 5.41) is 0. The van der Waals surface area contributed by atoms with Crippen molar-refractivity contribution in [2.24, 2.45) is 5.92 Å². The Morgan fingerprint density at radius 3 is 2.71 bits per heavy atom. The minimum absolute atomic E-state index is 0.0127. The van der Waals surface area contributed by atoms with Gasteiger partial charge in [0.25, 0.3) is 0 Å². The normalized spacial score (nSPS) is 17.8. The number of ether oxygens (including phenoxy) is 2. The van der Waals surface area contributed by atoms with E-state index in [1.165, 1.54) is 0 Å². The van der Waals surface area contributed by atoms with Crippen molar-refractivity contribution in [3.8, 4) is 11.5 Å². The zero-order valence-corrected chi connectivity index (χ0v) is 13.4. The van der Waals surface area contributed by atoms with Gasteiger partial charge >= 0.3 is 5.97 Å². The van der Waals surface area contributed by atoms with Crippen LogP contribution in [0.25, 0.3) is 6.08 Å². The molecule has 1 aliphatic carbocycles. The molecule has 2 aromatic rings. The standard InChI is InChI=1S/C19H16O5/c1-10-7-14(23-19(21)12-4-5-12)9-15-17(10)18(20)16(24-15)8-13-6-3-11(2)22-13/h3,6-9,12H,4-5H2,1-2H3/b16-8-. The zero-order valence-electron chi connectivity index (χ0n) is 13.4. The molecule has 0 amide bonds. The number of fused-ring (bicyclic) bond motifs is 1. The van der Waals surface area contributed by atoms with Gasteiger partial charge in [-0.25, -0.2) is 0 Å². The average Bonchev–Trinajstić information content (AvgIpc) is 3.23. The molecule has 0 N–H and O–H groups in total. The summed E-state index contributed by atoms with van der Waals surface area (Å²) < 4.78 is 16.5. The third kappa shape index (κ3) is 2.62. The number of aryl methyl sites for hydroxylation is 2. The topological polar surface area (TPSA) is 65.7 Å². The van der Waals surface area contributed by atoms with Crippen molar-refractivity contribution < 1.29 is 23.5 Å². The van der Waals surface area contributed by atoms with Crippen molar-refractivity contribution in [1.29, 1.82) is 0 Å². The molecule has 1 aromatic heterocycles. The van der Waals surface area contributed by atoms with Crippen LogP contribution >= 0.6 is 0 Å². The Kier molecular flexibility index (Phi) is 3.30. The van der Waals surface area contributed by atoms with Crippen LogP contribution in [0.3, 0.4) is 0 Å². The van der Waals surface area contributed by atoms with E-state index in [-0.39, 0.29) is 23.4 Å². The Balaban J connectivity index is 1.63. The highest BCUT2D eigenvalue weighted by atomic mass is 16.5. The number of esters is 1. The van der Waals surface area contributed by atoms with Gasteiger partial charge in [0.15, 0.2) is 5.76 Å². The van der Waals surface area contributed by atoms with Crippen LogP contribution in [0.5, 0.6) is 11.5 Å². The largest absolute Gasteiger partial charge is 0.462 e. The van der Waals surface area contributed by atoms with Crippen LogP contribution in [0.2, 0.25) is 0 Å². The van der Waals surface area contributed by atoms with E-state index in [4.69, 9.17) is 13.9 Å². The number of allylic oxidation sites excluding steroid dienone is 1. The van der Waals surface area contributed by atoms with E-state index in [9.17, 15) is 9.59 Å². The smallest absolute Gasteiger partial charge is 0.314 e. The quantitative estimate of drug-likeness (QED) is 0.488. The van der Waals surface area contributed by atoms with E-state index in [0.717, 1.165) is 24.2 Å². The number of rotatable bonds is 3. The van der Waals surface area contributed by atoms with Gasteiger partial charge in [0.2, 0.25) is 5.78 Å². The third-order valence-corrected chi connectivity index (χ3v) is 4.11. The second kappa shape index (κ2) is 5.37. The fourth-order valence-corrected chi connectivity index (χ4v) is 2.72. The summed E-state index contributed by atoms with van der Waals surface area (Å²) in [5.41, 5.74) is 1.21. The molecule has 1 aliphatic heterocycles. The van der Waals surface area contributed by atoms with E-state index < -0.39 is 0 Å². The van der Waals surface area contributed by atoms with Crippen LogP contribution in [0, 0.1) is 19.8 Å². The summed E-state index contributed by atoms with van der Waals surface area (Å²) in [7, 11) is 0. The molecule has 24 heavy (non-hydrogen) atoms. The highest BCUT2D eigenvalue weighted by Crippen LogP contribution is 2.38. The molecular weight excluding hydrogens is 308 g/mol. The molecule has 0 bridgehead atoms. The number of furan rings is 1. The summed E-state index contributed by atoms with van der Waals surface area (Å²) in [4.78, 5) is 24.3. The molecule has 0 spiro atoms. The number of hydrogen-bond donors (Lipinski definition) is 0. The molecular formula is C19H16O5. The van der Waals surface area contributed by atoms with Crippen molar-refractivity contribution in [2.45, 2.75) is 26.7 Å². The molecule has 2 heterocycles. The molecule has 0 saturated heterocycles. The van der Waals surface area contributed by atoms with Crippen molar-refractivity contribution in [3.05, 3.63) is 52.7 Å². The Bertz CT molecular complexity index is 883. The molecule has 4 rings (SSSR count). The Labute approximate surface area is 138 Å². The minimum Gasteiger partial charge on any atom is -0.462 e. The lowest BCUT2D eigenvalue weighted by molar-refractivity contribution is -0.135. The maximum Gasteiger partial charge on any atom is 0.314 e. The van der Waals surface area contributed by atoms with Crippen molar-refractivity contribution in [2.75, 3.05) is 0 Å². The second-order valence-corrected chi connectivity index (χ2v) is 6.20. The molecule has 0 unspecified atom stereocenters. The highest BCUT2D eigenvalue weighted by molar-refractivity contribution is 6.15. The van der Waals surface area contributed by atoms with Crippen molar-refractivity contribution in [1.82, 2.24) is 0 Å². The monoisotopic (exact) mass is 324 g/mol. The van der Waals surface area contributed by atoms with E-state index in [2.05, 4.69) is 0 Å². The summed E-state index contributed by atoms with van der Waals surface area (Å²) in [5.74, 6) is 1.93. The summed E-state index contributed by atoms with van der Waals surface area (Å²) >= 11 is 0. The molecule has 5 nitrogen and oxygen atoms in total. The molecule has 2 aliphatic rings. The first-order valence-corrected chi connectivity index (χ1v) is 7.88. The lowest BCUT2D eigenvalue weighted by Gasteiger charge is -2.07. The lowest BCUT2D eigenvalue weighted by Crippen LogP contribution is -2.10. The predicted molar refractivity (Wildman–Crippen MR) is 85.9 cm³/mol. The highest BCUT2D eigenvalue weighted by Gasteiger charge is 2.33. The van der Waals surface area contributed by atoms with Crippen LogP contribution in [0.1, 0.15) is 40.3 Å². The molecule has 0 atom stereocenters. The average molecular weight is 324 g/mol. The van der Waals surface area contributed by atoms with Crippen LogP contribution < -0.4 is 9.47 Å². The molecule has 1 aromatic carbocycles. The first kappa shape index (κ1) is 14.8. The van der Waals surface area contributed by atoms with Crippen LogP contribution in [-0.2, 0) is 4.79 Å². The number of carbonyl (C=O) groups is 2. The Morgan fingerprint density at radius 1 is 1.25 bits per heavy atom. The van der Waals surface area contributed by atoms with Crippen molar-refractivity contribution >= 4 is 17.8 Å². The van der Waals surface area contributed by atoms with Gasteiger partial charge in [-0.1, -0.05) is 0 Å². The van der Waals surface area contributed by atoms with E-state index in [1.807, 2.05) is 13.0 Å². The lowest BCUT2D eigenvalue weighted by atomic mass is 10.0. The maximum absolute atomic E-state index is 12.5. The molecule has 5 heteroatoms. The first-order valence-electron chi connectivity index (χ1n) is 7.88. The fourth-order valence-electron chi connectivity index (χ4n) is 2.72. The van der Waals surface area contributed by atoms with Gasteiger partial charge in [0.05, 0.1) is 11.5 Å². The summed E-state index contributed by atoms with van der Waals surface area (Å²) in [6, 6.07) is 6.88. The Hall–Kier alpha value is -2.82. The SMILES string of the molecule is Cc1ccc(/C=C2\Oc3cc(OC(=O)C4CC4)cc(C)c3C2=O)o1. The number of hydrogen-bond acceptors (Lipinski definition) is 5. The number of ketones is 1. The van der Waals surface area contributed by atoms with Gasteiger partial charge in [-0.15, -0.1) is 0 Å². The van der Waals surface area contributed by atoms with Crippen LogP contribution in [-0.4, -0.2) is 11.8 Å². The third-order valence-electron chi connectivity index (χ3n) is 4.11. The number of Topliss-reactive ketones (excluding diaryl/α,β-unsaturated/α-hetero) is 1. The molecule has 1 saturated carbocycles. The summed E-state index contributed by atoms with van der Waals surface area (Å²) in [6.45, 7) is 3.63. The first-order chi connectivity index (χ1) is 11.5. The fraction of sp³-hybridized carbons (Fsp3) is 0.263. The number of carbonyl (C=O) groups excluding carboxylic acids is 2. The molecule has 0 radical (unpaired) electrons. The van der Waals surface area contributed by atoms with Gasteiger partial charge in [-0.05, 0) is 50.5 Å². The summed E-state index contributed by atoms with van der Waals surface area (Å²) in [6.07, 6.45) is 3.34. The maximum atomic E-state index is 12.5. The van der Waals surface area contributed by atoms with Gasteiger partial charge in [-0.2, -0.15) is 0 Å². The minimum atomic E-state index is -0.222.